The molecule has 0 bridgehead atoms. The molecule has 0 aliphatic carbocycles. The van der Waals surface area contributed by atoms with Gasteiger partial charge in [-0.25, -0.2) is 0 Å². The van der Waals surface area contributed by atoms with Gasteiger partial charge in [-0.1, -0.05) is 47.8 Å². The van der Waals surface area contributed by atoms with Crippen molar-refractivity contribution in [1.82, 2.24) is 0 Å². The zero-order valence-corrected chi connectivity index (χ0v) is 6.47. The molecule has 0 radical (unpaired) electrons. The summed E-state index contributed by atoms with van der Waals surface area (Å²) in [7, 11) is 0. The van der Waals surface area contributed by atoms with Crippen LogP contribution in [0.3, 0.4) is 0 Å². The van der Waals surface area contributed by atoms with Crippen molar-refractivity contribution in [3.05, 3.63) is 0 Å². The van der Waals surface area contributed by atoms with Crippen molar-refractivity contribution in [2.24, 2.45) is 0 Å². The van der Waals surface area contributed by atoms with Crippen LogP contribution in [0.5, 0.6) is 0 Å². The van der Waals surface area contributed by atoms with Crippen molar-refractivity contribution in [1.29, 1.82) is 0 Å². The number of rotatable bonds is 0. The predicted octanol–water partition coefficient (Wildman–Crippen LogP) is 1.27. The Morgan fingerprint density at radius 3 is 1.00 bits per heavy atom. The van der Waals surface area contributed by atoms with E-state index in [-0.39, 0.29) is 28.5 Å². The molecular weight excluding hydrogens is 367 g/mol. The molecule has 0 fully saturated rings. The van der Waals surface area contributed by atoms with Crippen LogP contribution in [0, 0.1) is 0 Å². The summed E-state index contributed by atoms with van der Waals surface area (Å²) < 4.78 is 0.271. The molecule has 0 aromatic carbocycles. The molecule has 0 spiro atoms. The third kappa shape index (κ3) is 22.0. The van der Waals surface area contributed by atoms with Crippen LogP contribution in [0.15, 0.2) is 0 Å². The normalized spacial score (nSPS) is 7.20. The molecule has 32 valence electrons. The molecule has 5 heavy (non-hydrogen) atoms. The van der Waals surface area contributed by atoms with Gasteiger partial charge in [0.2, 0.25) is 0 Å². The second-order valence-electron chi connectivity index (χ2n) is 0.247. The second-order valence-corrected chi connectivity index (χ2v) is 6.68. The SMILES string of the molecule is BrC(Br)Br.[InH3]. The van der Waals surface area contributed by atoms with Gasteiger partial charge in [0.05, 0.1) is 0 Å². The molecule has 0 rings (SSSR count). The molecular formula is CH4Br3In. The van der Waals surface area contributed by atoms with Gasteiger partial charge in [-0.2, -0.15) is 0 Å². The Bertz CT molecular complexity index is 11.6. The van der Waals surface area contributed by atoms with Crippen molar-refractivity contribution >= 4 is 73.6 Å². The summed E-state index contributed by atoms with van der Waals surface area (Å²) in [6.45, 7) is 0. The number of halogens is 3. The fourth-order valence-corrected chi connectivity index (χ4v) is 0. The molecule has 0 atom stereocenters. The zero-order chi connectivity index (χ0) is 3.58. The number of hydrogen-bond acceptors (Lipinski definition) is 0. The monoisotopic (exact) mass is 368 g/mol. The molecule has 0 aliphatic rings. The zero-order valence-electron chi connectivity index (χ0n) is 1.71. The van der Waals surface area contributed by atoms with Crippen molar-refractivity contribution in [3.8, 4) is 0 Å². The summed E-state index contributed by atoms with van der Waals surface area (Å²) in [5.41, 5.74) is 0. The van der Waals surface area contributed by atoms with Gasteiger partial charge in [0.25, 0.3) is 0 Å². The van der Waals surface area contributed by atoms with E-state index < -0.39 is 0 Å². The summed E-state index contributed by atoms with van der Waals surface area (Å²) in [6, 6.07) is 0. The van der Waals surface area contributed by atoms with Crippen molar-refractivity contribution in [2.45, 2.75) is 2.65 Å². The van der Waals surface area contributed by atoms with Crippen LogP contribution in [0.4, 0.5) is 0 Å². The average Bonchev–Trinajstić information content (AvgIpc) is 0.811. The molecule has 0 nitrogen and oxygen atoms in total. The summed E-state index contributed by atoms with van der Waals surface area (Å²) in [5, 5.41) is 0. The molecule has 0 aromatic rings. The first-order valence-corrected chi connectivity index (χ1v) is 3.40. The van der Waals surface area contributed by atoms with E-state index in [9.17, 15) is 0 Å². The number of alkyl halides is 3. The Labute approximate surface area is 75.2 Å². The Hall–Kier alpha value is 2.31. The van der Waals surface area contributed by atoms with Crippen LogP contribution < -0.4 is 0 Å². The maximum absolute atomic E-state index is 3.10. The molecule has 4 heteroatoms. The van der Waals surface area contributed by atoms with E-state index in [1.807, 2.05) is 0 Å². The number of hydrogen-bond donors (Lipinski definition) is 0. The molecule has 0 saturated heterocycles. The minimum absolute atomic E-state index is 0. The Balaban J connectivity index is 0. The first-order chi connectivity index (χ1) is 1.73. The minimum atomic E-state index is 0. The Morgan fingerprint density at radius 2 is 1.00 bits per heavy atom. The molecule has 0 N–H and O–H groups in total. The molecule has 0 unspecified atom stereocenters. The van der Waals surface area contributed by atoms with E-state index >= 15 is 0 Å². The molecule has 0 aromatic heterocycles. The van der Waals surface area contributed by atoms with Crippen LogP contribution >= 0.6 is 47.8 Å². The van der Waals surface area contributed by atoms with Crippen LogP contribution in [0.25, 0.3) is 0 Å². The van der Waals surface area contributed by atoms with Crippen LogP contribution in [-0.2, 0) is 0 Å². The topological polar surface area (TPSA) is 0 Å². The van der Waals surface area contributed by atoms with E-state index in [2.05, 4.69) is 47.8 Å². The Kier molecular flexibility index (Phi) is 13.0. The van der Waals surface area contributed by atoms with Crippen molar-refractivity contribution < 1.29 is 0 Å². The van der Waals surface area contributed by atoms with Crippen molar-refractivity contribution in [3.63, 3.8) is 0 Å². The second kappa shape index (κ2) is 6.31. The van der Waals surface area contributed by atoms with E-state index in [4.69, 9.17) is 0 Å². The van der Waals surface area contributed by atoms with Gasteiger partial charge in [0.15, 0.2) is 0 Å². The van der Waals surface area contributed by atoms with E-state index in [1.54, 1.807) is 0 Å². The average molecular weight is 371 g/mol. The van der Waals surface area contributed by atoms with Gasteiger partial charge in [-0.3, -0.25) is 0 Å². The Morgan fingerprint density at radius 1 is 1.00 bits per heavy atom. The van der Waals surface area contributed by atoms with Gasteiger partial charge in [-0.05, 0) is 0 Å². The van der Waals surface area contributed by atoms with E-state index in [1.165, 1.54) is 0 Å². The standard InChI is InChI=1S/CHBr3.In.3H/c2-1(3)4;;;;/h1H;;;;. The van der Waals surface area contributed by atoms with Gasteiger partial charge in [-0.15, -0.1) is 0 Å². The van der Waals surface area contributed by atoms with Crippen LogP contribution in [-0.4, -0.2) is 28.5 Å². The van der Waals surface area contributed by atoms with Crippen molar-refractivity contribution in [2.75, 3.05) is 0 Å². The molecule has 0 aliphatic heterocycles. The predicted molar refractivity (Wildman–Crippen MR) is 40.5 cm³/mol. The molecule has 0 amide bonds. The first kappa shape index (κ1) is 10.3. The van der Waals surface area contributed by atoms with Gasteiger partial charge in [0.1, 0.15) is 2.65 Å². The van der Waals surface area contributed by atoms with Gasteiger partial charge in [0, 0.05) is 0 Å². The van der Waals surface area contributed by atoms with Crippen LogP contribution in [0.2, 0.25) is 0 Å². The third-order valence-electron chi connectivity index (χ3n) is 0. The summed E-state index contributed by atoms with van der Waals surface area (Å²) in [5.74, 6) is 0. The van der Waals surface area contributed by atoms with Crippen LogP contribution in [0.1, 0.15) is 0 Å². The quantitative estimate of drug-likeness (QED) is 0.564. The molecule has 0 saturated carbocycles. The third-order valence-corrected chi connectivity index (χ3v) is 0. The van der Waals surface area contributed by atoms with Gasteiger partial charge < -0.3 is 0 Å². The summed E-state index contributed by atoms with van der Waals surface area (Å²) in [6.07, 6.45) is 0. The summed E-state index contributed by atoms with van der Waals surface area (Å²) >= 11 is 9.31. The first-order valence-electron chi connectivity index (χ1n) is 0.655. The summed E-state index contributed by atoms with van der Waals surface area (Å²) in [4.78, 5) is 0. The van der Waals surface area contributed by atoms with Gasteiger partial charge >= 0.3 is 25.8 Å². The fraction of sp³-hybridized carbons (Fsp3) is 1.00. The van der Waals surface area contributed by atoms with E-state index in [0.29, 0.717) is 0 Å². The maximum atomic E-state index is 3.10. The fourth-order valence-electron chi connectivity index (χ4n) is 0. The molecule has 0 heterocycles. The van der Waals surface area contributed by atoms with E-state index in [0.717, 1.165) is 0 Å².